The van der Waals surface area contributed by atoms with E-state index in [1.807, 2.05) is 6.92 Å². The first-order chi connectivity index (χ1) is 9.06. The molecule has 0 atom stereocenters. The number of carbonyl (C=O) groups is 1. The van der Waals surface area contributed by atoms with E-state index in [1.54, 1.807) is 13.1 Å². The van der Waals surface area contributed by atoms with Gasteiger partial charge in [0.05, 0.1) is 18.4 Å². The van der Waals surface area contributed by atoms with Gasteiger partial charge in [0.15, 0.2) is 5.76 Å². The first-order valence-electron chi connectivity index (χ1n) is 5.62. The maximum Gasteiger partial charge on any atom is 0.337 e. The molecule has 0 aliphatic rings. The molecular formula is C13H14N2O4. The number of carboxylic acids is 1. The van der Waals surface area contributed by atoms with Crippen molar-refractivity contribution in [3.8, 4) is 17.2 Å². The topological polar surface area (TPSA) is 84.6 Å². The Morgan fingerprint density at radius 1 is 1.47 bits per heavy atom. The maximum atomic E-state index is 10.9. The molecule has 2 aromatic rings. The molecule has 0 saturated carbocycles. The van der Waals surface area contributed by atoms with E-state index in [9.17, 15) is 4.79 Å². The summed E-state index contributed by atoms with van der Waals surface area (Å²) in [4.78, 5) is 15.0. The summed E-state index contributed by atoms with van der Waals surface area (Å²) in [5, 5.41) is 11.9. The van der Waals surface area contributed by atoms with Crippen LogP contribution in [-0.2, 0) is 0 Å². The number of nitrogens with one attached hydrogen (secondary N) is 1. The van der Waals surface area contributed by atoms with Gasteiger partial charge in [-0.05, 0) is 13.0 Å². The average Bonchev–Trinajstić information content (AvgIpc) is 2.78. The van der Waals surface area contributed by atoms with Gasteiger partial charge in [0, 0.05) is 19.3 Å². The van der Waals surface area contributed by atoms with E-state index in [2.05, 4.69) is 10.3 Å². The van der Waals surface area contributed by atoms with Crippen molar-refractivity contribution in [2.24, 2.45) is 0 Å². The van der Waals surface area contributed by atoms with Gasteiger partial charge in [-0.1, -0.05) is 0 Å². The third-order valence-corrected chi connectivity index (χ3v) is 2.74. The fourth-order valence-corrected chi connectivity index (χ4v) is 1.75. The zero-order valence-corrected chi connectivity index (χ0v) is 10.9. The lowest BCUT2D eigenvalue weighted by molar-refractivity contribution is 0.0696. The van der Waals surface area contributed by atoms with Gasteiger partial charge in [0.2, 0.25) is 0 Å². The van der Waals surface area contributed by atoms with Crippen LogP contribution in [0.1, 0.15) is 16.1 Å². The van der Waals surface area contributed by atoms with Crippen molar-refractivity contribution in [3.05, 3.63) is 29.7 Å². The van der Waals surface area contributed by atoms with Crippen molar-refractivity contribution < 1.29 is 19.1 Å². The SMILES string of the molecule is CNc1cc(-c2ncc(C(=O)O)cc2OC)oc1C. The molecule has 0 aliphatic heterocycles. The van der Waals surface area contributed by atoms with Crippen LogP contribution in [0.3, 0.4) is 0 Å². The number of aryl methyl sites for hydroxylation is 1. The molecule has 19 heavy (non-hydrogen) atoms. The Balaban J connectivity index is 2.51. The van der Waals surface area contributed by atoms with Gasteiger partial charge >= 0.3 is 5.97 Å². The Labute approximate surface area is 110 Å². The van der Waals surface area contributed by atoms with Gasteiger partial charge in [0.1, 0.15) is 17.2 Å². The van der Waals surface area contributed by atoms with E-state index in [-0.39, 0.29) is 5.56 Å². The maximum absolute atomic E-state index is 10.9. The van der Waals surface area contributed by atoms with Gasteiger partial charge in [0.25, 0.3) is 0 Å². The predicted octanol–water partition coefficient (Wildman–Crippen LogP) is 2.40. The summed E-state index contributed by atoms with van der Waals surface area (Å²) in [6.45, 7) is 1.83. The van der Waals surface area contributed by atoms with E-state index >= 15 is 0 Å². The minimum Gasteiger partial charge on any atom is -0.494 e. The number of aromatic carboxylic acids is 1. The quantitative estimate of drug-likeness (QED) is 0.880. The number of anilines is 1. The van der Waals surface area contributed by atoms with E-state index in [4.69, 9.17) is 14.3 Å². The Kier molecular flexibility index (Phi) is 3.41. The second-order valence-corrected chi connectivity index (χ2v) is 3.91. The predicted molar refractivity (Wildman–Crippen MR) is 69.7 cm³/mol. The smallest absolute Gasteiger partial charge is 0.337 e. The summed E-state index contributed by atoms with van der Waals surface area (Å²) in [6, 6.07) is 3.21. The molecule has 6 heteroatoms. The van der Waals surface area contributed by atoms with Crippen LogP contribution in [0, 0.1) is 6.92 Å². The van der Waals surface area contributed by atoms with Crippen molar-refractivity contribution in [3.63, 3.8) is 0 Å². The lowest BCUT2D eigenvalue weighted by Crippen LogP contribution is -2.00. The van der Waals surface area contributed by atoms with Crippen LogP contribution in [-0.4, -0.2) is 30.2 Å². The lowest BCUT2D eigenvalue weighted by Gasteiger charge is -2.05. The Morgan fingerprint density at radius 3 is 2.74 bits per heavy atom. The number of ether oxygens (including phenoxy) is 1. The first-order valence-corrected chi connectivity index (χ1v) is 5.62. The molecule has 0 bridgehead atoms. The number of hydrogen-bond acceptors (Lipinski definition) is 5. The molecule has 0 amide bonds. The van der Waals surface area contributed by atoms with Crippen molar-refractivity contribution in [2.45, 2.75) is 6.92 Å². The molecule has 6 nitrogen and oxygen atoms in total. The Bertz CT molecular complexity index is 619. The van der Waals surface area contributed by atoms with Crippen LogP contribution >= 0.6 is 0 Å². The van der Waals surface area contributed by atoms with Crippen LogP contribution < -0.4 is 10.1 Å². The number of furan rings is 1. The van der Waals surface area contributed by atoms with Crippen molar-refractivity contribution in [1.82, 2.24) is 4.98 Å². The minimum absolute atomic E-state index is 0.0673. The first kappa shape index (κ1) is 12.9. The van der Waals surface area contributed by atoms with E-state index < -0.39 is 5.97 Å². The van der Waals surface area contributed by atoms with E-state index in [0.717, 1.165) is 11.4 Å². The molecule has 0 saturated heterocycles. The highest BCUT2D eigenvalue weighted by molar-refractivity contribution is 5.88. The monoisotopic (exact) mass is 262 g/mol. The summed E-state index contributed by atoms with van der Waals surface area (Å²) in [5.74, 6) is 0.555. The van der Waals surface area contributed by atoms with Crippen molar-refractivity contribution >= 4 is 11.7 Å². The highest BCUT2D eigenvalue weighted by atomic mass is 16.5. The summed E-state index contributed by atoms with van der Waals surface area (Å²) in [5.41, 5.74) is 1.39. The standard InChI is InChI=1S/C13H14N2O4/c1-7-9(14-2)5-11(19-7)12-10(18-3)4-8(6-15-12)13(16)17/h4-6,14H,1-3H3,(H,16,17). The molecule has 2 N–H and O–H groups in total. The van der Waals surface area contributed by atoms with Crippen LogP contribution in [0.25, 0.3) is 11.5 Å². The molecule has 0 unspecified atom stereocenters. The van der Waals surface area contributed by atoms with E-state index in [1.165, 1.54) is 19.4 Å². The molecule has 2 heterocycles. The number of nitrogens with zero attached hydrogens (tertiary/aromatic N) is 1. The van der Waals surface area contributed by atoms with Gasteiger partial charge in [-0.2, -0.15) is 0 Å². The third-order valence-electron chi connectivity index (χ3n) is 2.74. The number of hydrogen-bond donors (Lipinski definition) is 2. The number of rotatable bonds is 4. The molecule has 0 fully saturated rings. The summed E-state index contributed by atoms with van der Waals surface area (Å²) in [6.07, 6.45) is 1.27. The van der Waals surface area contributed by atoms with Gasteiger partial charge < -0.3 is 19.6 Å². The second kappa shape index (κ2) is 5.01. The van der Waals surface area contributed by atoms with Crippen molar-refractivity contribution in [2.75, 3.05) is 19.5 Å². The lowest BCUT2D eigenvalue weighted by atomic mass is 10.2. The van der Waals surface area contributed by atoms with Crippen molar-refractivity contribution in [1.29, 1.82) is 0 Å². The summed E-state index contributed by atoms with van der Waals surface area (Å²) in [7, 11) is 3.25. The number of carboxylic acid groups (broad SMARTS) is 1. The highest BCUT2D eigenvalue weighted by Crippen LogP contribution is 2.33. The fraction of sp³-hybridized carbons (Fsp3) is 0.231. The normalized spacial score (nSPS) is 10.3. The zero-order valence-electron chi connectivity index (χ0n) is 10.9. The third kappa shape index (κ3) is 2.37. The molecule has 2 aromatic heterocycles. The number of methoxy groups -OCH3 is 1. The average molecular weight is 262 g/mol. The second-order valence-electron chi connectivity index (χ2n) is 3.91. The molecule has 2 rings (SSSR count). The van der Waals surface area contributed by atoms with Crippen LogP contribution in [0.2, 0.25) is 0 Å². The fourth-order valence-electron chi connectivity index (χ4n) is 1.75. The van der Waals surface area contributed by atoms with Gasteiger partial charge in [-0.3, -0.25) is 0 Å². The minimum atomic E-state index is -1.05. The van der Waals surface area contributed by atoms with Crippen LogP contribution in [0.15, 0.2) is 22.7 Å². The van der Waals surface area contributed by atoms with E-state index in [0.29, 0.717) is 17.2 Å². The summed E-state index contributed by atoms with van der Waals surface area (Å²) >= 11 is 0. The van der Waals surface area contributed by atoms with Gasteiger partial charge in [-0.25, -0.2) is 9.78 Å². The molecule has 0 aromatic carbocycles. The Morgan fingerprint density at radius 2 is 2.21 bits per heavy atom. The molecular weight excluding hydrogens is 248 g/mol. The molecule has 0 aliphatic carbocycles. The zero-order chi connectivity index (χ0) is 14.0. The highest BCUT2D eigenvalue weighted by Gasteiger charge is 2.16. The molecule has 100 valence electrons. The summed E-state index contributed by atoms with van der Waals surface area (Å²) < 4.78 is 10.7. The van der Waals surface area contributed by atoms with Crippen LogP contribution in [0.5, 0.6) is 5.75 Å². The molecule has 0 spiro atoms. The Hall–Kier alpha value is -2.50. The van der Waals surface area contributed by atoms with Crippen LogP contribution in [0.4, 0.5) is 5.69 Å². The number of pyridine rings is 1. The number of aromatic nitrogens is 1. The molecule has 0 radical (unpaired) electrons. The van der Waals surface area contributed by atoms with Gasteiger partial charge in [-0.15, -0.1) is 0 Å². The largest absolute Gasteiger partial charge is 0.494 e.